The monoisotopic (exact) mass is 314 g/mol. The van der Waals surface area contributed by atoms with Gasteiger partial charge in [0.25, 0.3) is 0 Å². The van der Waals surface area contributed by atoms with E-state index in [-0.39, 0.29) is 6.04 Å². The van der Waals surface area contributed by atoms with Crippen LogP contribution in [0.3, 0.4) is 0 Å². The number of anilines is 1. The second kappa shape index (κ2) is 7.85. The van der Waals surface area contributed by atoms with Crippen molar-refractivity contribution in [2.75, 3.05) is 12.4 Å². The van der Waals surface area contributed by atoms with Crippen molar-refractivity contribution in [1.82, 2.24) is 4.98 Å². The maximum absolute atomic E-state index is 5.23. The Balaban J connectivity index is 1.89. The number of pyridine rings is 1. The number of nitrogens with one attached hydrogen (secondary N) is 1. The molecule has 0 radical (unpaired) electrons. The van der Waals surface area contributed by atoms with Gasteiger partial charge >= 0.3 is 0 Å². The fourth-order valence-electron chi connectivity index (χ4n) is 2.27. The molecule has 118 valence electrons. The number of ether oxygens (including phenoxy) is 1. The van der Waals surface area contributed by atoms with Crippen LogP contribution >= 0.6 is 0 Å². The summed E-state index contributed by atoms with van der Waals surface area (Å²) in [6.07, 6.45) is 1.76. The smallest absolute Gasteiger partial charge is 0.127 e. The Hall–Kier alpha value is -3.25. The molecule has 1 N–H and O–H groups in total. The fourth-order valence-corrected chi connectivity index (χ4v) is 2.27. The van der Waals surface area contributed by atoms with Crippen molar-refractivity contribution >= 4 is 5.82 Å². The van der Waals surface area contributed by atoms with Crippen molar-refractivity contribution in [3.05, 3.63) is 90.1 Å². The minimum Gasteiger partial charge on any atom is -0.497 e. The van der Waals surface area contributed by atoms with Gasteiger partial charge in [0.05, 0.1) is 7.11 Å². The second-order valence-electron chi connectivity index (χ2n) is 5.20. The Morgan fingerprint density at radius 2 is 1.67 bits per heavy atom. The molecule has 0 bridgehead atoms. The van der Waals surface area contributed by atoms with Gasteiger partial charge in [0.15, 0.2) is 0 Å². The standard InChI is InChI=1S/C21H18N2O/c1-24-19-13-11-18(12-14-19)20(23-21-9-5-6-16-22-21)15-10-17-7-3-2-4-8-17/h2-9,11-14,16,20H,1H3,(H,22,23). The van der Waals surface area contributed by atoms with Crippen LogP contribution in [0.5, 0.6) is 5.75 Å². The van der Waals surface area contributed by atoms with Crippen molar-refractivity contribution < 1.29 is 4.74 Å². The third kappa shape index (κ3) is 4.15. The molecular weight excluding hydrogens is 296 g/mol. The molecule has 1 unspecified atom stereocenters. The lowest BCUT2D eigenvalue weighted by Crippen LogP contribution is -2.09. The van der Waals surface area contributed by atoms with Crippen LogP contribution in [0.2, 0.25) is 0 Å². The van der Waals surface area contributed by atoms with Crippen LogP contribution in [0, 0.1) is 11.8 Å². The predicted molar refractivity (Wildman–Crippen MR) is 96.9 cm³/mol. The molecule has 0 fully saturated rings. The Kier molecular flexibility index (Phi) is 5.11. The summed E-state index contributed by atoms with van der Waals surface area (Å²) in [4.78, 5) is 4.33. The lowest BCUT2D eigenvalue weighted by molar-refractivity contribution is 0.414. The number of aromatic nitrogens is 1. The summed E-state index contributed by atoms with van der Waals surface area (Å²) in [7, 11) is 1.66. The van der Waals surface area contributed by atoms with Crippen LogP contribution in [0.1, 0.15) is 17.2 Å². The van der Waals surface area contributed by atoms with Crippen LogP contribution < -0.4 is 10.1 Å². The molecule has 2 aromatic carbocycles. The third-order valence-electron chi connectivity index (χ3n) is 3.54. The lowest BCUT2D eigenvalue weighted by atomic mass is 10.1. The summed E-state index contributed by atoms with van der Waals surface area (Å²) in [5.41, 5.74) is 2.05. The highest BCUT2D eigenvalue weighted by Crippen LogP contribution is 2.20. The minimum atomic E-state index is -0.161. The van der Waals surface area contributed by atoms with Gasteiger partial charge in [-0.2, -0.15) is 0 Å². The molecule has 0 spiro atoms. The van der Waals surface area contributed by atoms with E-state index in [0.29, 0.717) is 0 Å². The number of methoxy groups -OCH3 is 1. The first-order valence-electron chi connectivity index (χ1n) is 7.73. The Labute approximate surface area is 142 Å². The van der Waals surface area contributed by atoms with E-state index in [1.807, 2.05) is 72.8 Å². The molecule has 0 saturated heterocycles. The van der Waals surface area contributed by atoms with E-state index >= 15 is 0 Å². The summed E-state index contributed by atoms with van der Waals surface area (Å²) >= 11 is 0. The van der Waals surface area contributed by atoms with Crippen molar-refractivity contribution in [3.8, 4) is 17.6 Å². The maximum atomic E-state index is 5.23. The molecule has 0 aliphatic rings. The average Bonchev–Trinajstić information content (AvgIpc) is 2.67. The largest absolute Gasteiger partial charge is 0.497 e. The molecule has 1 atom stereocenters. The molecule has 1 aromatic heterocycles. The van der Waals surface area contributed by atoms with Gasteiger partial charge in [-0.05, 0) is 42.0 Å². The summed E-state index contributed by atoms with van der Waals surface area (Å²) in [5, 5.41) is 3.38. The van der Waals surface area contributed by atoms with Gasteiger partial charge in [-0.1, -0.05) is 48.2 Å². The molecule has 0 saturated carbocycles. The number of benzene rings is 2. The number of nitrogens with zero attached hydrogens (tertiary/aromatic N) is 1. The average molecular weight is 314 g/mol. The van der Waals surface area contributed by atoms with E-state index in [2.05, 4.69) is 22.1 Å². The highest BCUT2D eigenvalue weighted by Gasteiger charge is 2.09. The van der Waals surface area contributed by atoms with Crippen molar-refractivity contribution in [2.24, 2.45) is 0 Å². The van der Waals surface area contributed by atoms with Gasteiger partial charge < -0.3 is 10.1 Å². The lowest BCUT2D eigenvalue weighted by Gasteiger charge is -2.14. The van der Waals surface area contributed by atoms with E-state index < -0.39 is 0 Å². The van der Waals surface area contributed by atoms with Gasteiger partial charge in [-0.3, -0.25) is 0 Å². The van der Waals surface area contributed by atoms with E-state index in [0.717, 1.165) is 22.7 Å². The van der Waals surface area contributed by atoms with Crippen LogP contribution in [0.4, 0.5) is 5.82 Å². The summed E-state index contributed by atoms with van der Waals surface area (Å²) in [5.74, 6) is 8.13. The van der Waals surface area contributed by atoms with E-state index in [1.54, 1.807) is 13.3 Å². The van der Waals surface area contributed by atoms with Crippen LogP contribution in [-0.2, 0) is 0 Å². The highest BCUT2D eigenvalue weighted by atomic mass is 16.5. The molecule has 3 heteroatoms. The SMILES string of the molecule is COc1ccc(C(C#Cc2ccccc2)Nc2ccccn2)cc1. The number of rotatable bonds is 4. The van der Waals surface area contributed by atoms with Crippen LogP contribution in [0.25, 0.3) is 0 Å². The first-order valence-corrected chi connectivity index (χ1v) is 7.73. The topological polar surface area (TPSA) is 34.1 Å². The predicted octanol–water partition coefficient (Wildman–Crippen LogP) is 4.30. The maximum Gasteiger partial charge on any atom is 0.127 e. The van der Waals surface area contributed by atoms with E-state index in [1.165, 1.54) is 0 Å². The highest BCUT2D eigenvalue weighted by molar-refractivity contribution is 5.46. The third-order valence-corrected chi connectivity index (χ3v) is 3.54. The summed E-state index contributed by atoms with van der Waals surface area (Å²) < 4.78 is 5.23. The number of hydrogen-bond donors (Lipinski definition) is 1. The van der Waals surface area contributed by atoms with Gasteiger partial charge in [-0.15, -0.1) is 0 Å². The first-order chi connectivity index (χ1) is 11.8. The van der Waals surface area contributed by atoms with Crippen LogP contribution in [0.15, 0.2) is 79.0 Å². The Bertz CT molecular complexity index is 818. The zero-order valence-corrected chi connectivity index (χ0v) is 13.4. The molecule has 0 aliphatic heterocycles. The second-order valence-corrected chi connectivity index (χ2v) is 5.20. The zero-order chi connectivity index (χ0) is 16.6. The quantitative estimate of drug-likeness (QED) is 0.729. The molecule has 1 heterocycles. The van der Waals surface area contributed by atoms with E-state index in [4.69, 9.17) is 4.74 Å². The van der Waals surface area contributed by atoms with Crippen molar-refractivity contribution in [2.45, 2.75) is 6.04 Å². The van der Waals surface area contributed by atoms with Gasteiger partial charge in [0.1, 0.15) is 17.6 Å². The van der Waals surface area contributed by atoms with Crippen LogP contribution in [-0.4, -0.2) is 12.1 Å². The van der Waals surface area contributed by atoms with E-state index in [9.17, 15) is 0 Å². The van der Waals surface area contributed by atoms with Crippen molar-refractivity contribution in [1.29, 1.82) is 0 Å². The first kappa shape index (κ1) is 15.6. The molecule has 3 nitrogen and oxygen atoms in total. The summed E-state index contributed by atoms with van der Waals surface area (Å²) in [6.45, 7) is 0. The zero-order valence-electron chi connectivity index (χ0n) is 13.4. The molecule has 0 amide bonds. The fraction of sp³-hybridized carbons (Fsp3) is 0.0952. The minimum absolute atomic E-state index is 0.161. The van der Waals surface area contributed by atoms with Gasteiger partial charge in [0, 0.05) is 11.8 Å². The van der Waals surface area contributed by atoms with Crippen molar-refractivity contribution in [3.63, 3.8) is 0 Å². The van der Waals surface area contributed by atoms with Gasteiger partial charge in [0.2, 0.25) is 0 Å². The van der Waals surface area contributed by atoms with Gasteiger partial charge in [-0.25, -0.2) is 4.98 Å². The molecule has 24 heavy (non-hydrogen) atoms. The Morgan fingerprint density at radius 1 is 0.917 bits per heavy atom. The molecule has 3 rings (SSSR count). The number of hydrogen-bond acceptors (Lipinski definition) is 3. The normalized spacial score (nSPS) is 11.0. The molecular formula is C21H18N2O. The summed E-state index contributed by atoms with van der Waals surface area (Å²) in [6, 6.07) is 23.5. The molecule has 0 aliphatic carbocycles. The molecule has 3 aromatic rings. The Morgan fingerprint density at radius 3 is 2.33 bits per heavy atom.